The van der Waals surface area contributed by atoms with Gasteiger partial charge in [0.05, 0.1) is 0 Å². The summed E-state index contributed by atoms with van der Waals surface area (Å²) in [5.41, 5.74) is 2.22. The average molecular weight is 267 g/mol. The minimum Gasteiger partial charge on any atom is -0.298 e. The highest BCUT2D eigenvalue weighted by atomic mass is 35.5. The summed E-state index contributed by atoms with van der Waals surface area (Å²) in [6.07, 6.45) is 0.694. The van der Waals surface area contributed by atoms with Crippen molar-refractivity contribution in [3.05, 3.63) is 58.1 Å². The van der Waals surface area contributed by atoms with Gasteiger partial charge in [0.15, 0.2) is 0 Å². The van der Waals surface area contributed by atoms with E-state index in [4.69, 9.17) is 11.6 Å². The zero-order valence-corrected chi connectivity index (χ0v) is 10.3. The van der Waals surface area contributed by atoms with Gasteiger partial charge in [0.2, 0.25) is 0 Å². The second-order valence-corrected chi connectivity index (χ2v) is 4.38. The monoisotopic (exact) mass is 266 g/mol. The van der Waals surface area contributed by atoms with E-state index in [1.165, 1.54) is 0 Å². The van der Waals surface area contributed by atoms with E-state index >= 15 is 0 Å². The fraction of sp³-hybridized carbons (Fsp3) is 0.0714. The van der Waals surface area contributed by atoms with Gasteiger partial charge in [0.25, 0.3) is 0 Å². The number of halogens is 3. The van der Waals surface area contributed by atoms with Crippen LogP contribution in [0.5, 0.6) is 0 Å². The molecule has 0 spiro atoms. The summed E-state index contributed by atoms with van der Waals surface area (Å²) in [5, 5.41) is -0.526. The summed E-state index contributed by atoms with van der Waals surface area (Å²) in [6, 6.07) is 7.31. The molecule has 1 nitrogen and oxygen atoms in total. The van der Waals surface area contributed by atoms with Crippen LogP contribution in [-0.4, -0.2) is 6.29 Å². The average Bonchev–Trinajstić information content (AvgIpc) is 2.34. The van der Waals surface area contributed by atoms with Crippen molar-refractivity contribution in [2.75, 3.05) is 0 Å². The molecule has 0 heterocycles. The van der Waals surface area contributed by atoms with Crippen molar-refractivity contribution in [3.8, 4) is 11.1 Å². The minimum atomic E-state index is -0.819. The summed E-state index contributed by atoms with van der Waals surface area (Å²) in [4.78, 5) is 10.8. The van der Waals surface area contributed by atoms with Crippen LogP contribution < -0.4 is 0 Å². The molecule has 2 aromatic rings. The molecule has 2 rings (SSSR count). The third kappa shape index (κ3) is 2.41. The van der Waals surface area contributed by atoms with Crippen LogP contribution in [0.2, 0.25) is 5.02 Å². The third-order valence-electron chi connectivity index (χ3n) is 2.55. The molecule has 0 radical (unpaired) electrons. The van der Waals surface area contributed by atoms with Gasteiger partial charge in [0, 0.05) is 5.56 Å². The van der Waals surface area contributed by atoms with Gasteiger partial charge in [-0.25, -0.2) is 8.78 Å². The molecule has 0 bridgehead atoms. The van der Waals surface area contributed by atoms with E-state index in [1.54, 1.807) is 25.1 Å². The van der Waals surface area contributed by atoms with Gasteiger partial charge in [-0.3, -0.25) is 4.79 Å². The summed E-state index contributed by atoms with van der Waals surface area (Å²) in [6.45, 7) is 1.80. The Bertz CT molecular complexity index is 600. The molecule has 92 valence electrons. The SMILES string of the molecule is Cc1cc(C=O)cc(-c2cc(F)c(Cl)c(F)c2)c1. The van der Waals surface area contributed by atoms with Crippen LogP contribution in [0.4, 0.5) is 8.78 Å². The van der Waals surface area contributed by atoms with Crippen LogP contribution >= 0.6 is 11.6 Å². The van der Waals surface area contributed by atoms with E-state index < -0.39 is 16.7 Å². The summed E-state index contributed by atoms with van der Waals surface area (Å²) in [5.74, 6) is -1.64. The Kier molecular flexibility index (Phi) is 3.43. The van der Waals surface area contributed by atoms with Crippen LogP contribution in [0.15, 0.2) is 30.3 Å². The van der Waals surface area contributed by atoms with Gasteiger partial charge in [0.1, 0.15) is 22.9 Å². The van der Waals surface area contributed by atoms with Crippen molar-refractivity contribution in [2.45, 2.75) is 6.92 Å². The molecule has 18 heavy (non-hydrogen) atoms. The Hall–Kier alpha value is -1.74. The highest BCUT2D eigenvalue weighted by Gasteiger charge is 2.10. The maximum absolute atomic E-state index is 13.4. The van der Waals surface area contributed by atoms with Crippen molar-refractivity contribution in [1.82, 2.24) is 0 Å². The zero-order chi connectivity index (χ0) is 13.3. The second kappa shape index (κ2) is 4.86. The van der Waals surface area contributed by atoms with Gasteiger partial charge in [-0.1, -0.05) is 17.7 Å². The van der Waals surface area contributed by atoms with Crippen molar-refractivity contribution in [2.24, 2.45) is 0 Å². The first kappa shape index (κ1) is 12.7. The van der Waals surface area contributed by atoms with E-state index in [-0.39, 0.29) is 0 Å². The maximum Gasteiger partial charge on any atom is 0.150 e. The number of benzene rings is 2. The van der Waals surface area contributed by atoms with Gasteiger partial charge in [-0.05, 0) is 47.9 Å². The number of hydrogen-bond acceptors (Lipinski definition) is 1. The molecule has 4 heteroatoms. The van der Waals surface area contributed by atoms with Crippen molar-refractivity contribution >= 4 is 17.9 Å². The van der Waals surface area contributed by atoms with Crippen molar-refractivity contribution in [3.63, 3.8) is 0 Å². The number of aldehydes is 1. The second-order valence-electron chi connectivity index (χ2n) is 4.00. The molecule has 0 amide bonds. The van der Waals surface area contributed by atoms with E-state index in [2.05, 4.69) is 0 Å². The largest absolute Gasteiger partial charge is 0.298 e. The normalized spacial score (nSPS) is 10.4. The molecule has 0 unspecified atom stereocenters. The molecule has 0 aliphatic rings. The van der Waals surface area contributed by atoms with E-state index in [1.807, 2.05) is 0 Å². The highest BCUT2D eigenvalue weighted by molar-refractivity contribution is 6.31. The van der Waals surface area contributed by atoms with Crippen molar-refractivity contribution in [1.29, 1.82) is 0 Å². The van der Waals surface area contributed by atoms with E-state index in [0.29, 0.717) is 23.0 Å². The zero-order valence-electron chi connectivity index (χ0n) is 9.51. The number of carbonyl (C=O) groups excluding carboxylic acids is 1. The summed E-state index contributed by atoms with van der Waals surface area (Å²) < 4.78 is 26.7. The van der Waals surface area contributed by atoms with Crippen molar-refractivity contribution < 1.29 is 13.6 Å². The van der Waals surface area contributed by atoms with Crippen LogP contribution in [0.3, 0.4) is 0 Å². The first-order valence-corrected chi connectivity index (χ1v) is 5.61. The number of carbonyl (C=O) groups is 1. The Labute approximate surface area is 108 Å². The van der Waals surface area contributed by atoms with E-state index in [0.717, 1.165) is 17.7 Å². The number of rotatable bonds is 2. The van der Waals surface area contributed by atoms with Crippen LogP contribution in [0.1, 0.15) is 15.9 Å². The number of aryl methyl sites for hydroxylation is 1. The molecule has 0 aliphatic heterocycles. The lowest BCUT2D eigenvalue weighted by atomic mass is 10.0. The highest BCUT2D eigenvalue weighted by Crippen LogP contribution is 2.28. The molecule has 0 saturated heterocycles. The molecular weight excluding hydrogens is 258 g/mol. The predicted molar refractivity (Wildman–Crippen MR) is 66.9 cm³/mol. The summed E-state index contributed by atoms with van der Waals surface area (Å²) >= 11 is 5.42. The van der Waals surface area contributed by atoms with Gasteiger partial charge in [-0.2, -0.15) is 0 Å². The molecule has 0 fully saturated rings. The number of hydrogen-bond donors (Lipinski definition) is 0. The van der Waals surface area contributed by atoms with Crippen LogP contribution in [0.25, 0.3) is 11.1 Å². The Morgan fingerprint density at radius 3 is 2.11 bits per heavy atom. The van der Waals surface area contributed by atoms with Gasteiger partial charge >= 0.3 is 0 Å². The lowest BCUT2D eigenvalue weighted by Gasteiger charge is -2.06. The van der Waals surface area contributed by atoms with Crippen LogP contribution in [-0.2, 0) is 0 Å². The third-order valence-corrected chi connectivity index (χ3v) is 2.91. The molecule has 0 aromatic heterocycles. The molecule has 0 aliphatic carbocycles. The molecular formula is C14H9ClF2O. The fourth-order valence-electron chi connectivity index (χ4n) is 1.77. The standard InChI is InChI=1S/C14H9ClF2O/c1-8-2-9(7-18)4-10(3-8)11-5-12(16)14(15)13(17)6-11/h2-7H,1H3. The lowest BCUT2D eigenvalue weighted by molar-refractivity contribution is 0.112. The van der Waals surface area contributed by atoms with Gasteiger partial charge in [-0.15, -0.1) is 0 Å². The van der Waals surface area contributed by atoms with Crippen LogP contribution in [0, 0.1) is 18.6 Å². The molecule has 0 saturated carbocycles. The summed E-state index contributed by atoms with van der Waals surface area (Å²) in [7, 11) is 0. The smallest absolute Gasteiger partial charge is 0.150 e. The fourth-order valence-corrected chi connectivity index (χ4v) is 1.88. The minimum absolute atomic E-state index is 0.348. The molecule has 2 aromatic carbocycles. The molecule has 0 atom stereocenters. The lowest BCUT2D eigenvalue weighted by Crippen LogP contribution is -1.90. The first-order valence-electron chi connectivity index (χ1n) is 5.23. The topological polar surface area (TPSA) is 17.1 Å². The maximum atomic E-state index is 13.4. The first-order chi connectivity index (χ1) is 8.51. The van der Waals surface area contributed by atoms with Gasteiger partial charge < -0.3 is 0 Å². The Balaban J connectivity index is 2.61. The Morgan fingerprint density at radius 2 is 1.56 bits per heavy atom. The Morgan fingerprint density at radius 1 is 1.00 bits per heavy atom. The van der Waals surface area contributed by atoms with E-state index in [9.17, 15) is 13.6 Å². The quantitative estimate of drug-likeness (QED) is 0.581. The predicted octanol–water partition coefficient (Wildman–Crippen LogP) is 4.41. The molecule has 0 N–H and O–H groups in total.